The van der Waals surface area contributed by atoms with Crippen LogP contribution in [0.2, 0.25) is 0 Å². The molecule has 3 amide bonds. The van der Waals surface area contributed by atoms with E-state index < -0.39 is 0 Å². The number of urea groups is 1. The first-order valence-electron chi connectivity index (χ1n) is 8.76. The van der Waals surface area contributed by atoms with Crippen molar-refractivity contribution in [3.63, 3.8) is 0 Å². The Hall–Kier alpha value is -3.42. The number of fused-ring (bicyclic) bond motifs is 1. The van der Waals surface area contributed by atoms with Gasteiger partial charge in [0.2, 0.25) is 11.9 Å². The van der Waals surface area contributed by atoms with Crippen LogP contribution >= 0.6 is 0 Å². The van der Waals surface area contributed by atoms with Crippen LogP contribution in [-0.4, -0.2) is 39.9 Å². The number of benzene rings is 1. The summed E-state index contributed by atoms with van der Waals surface area (Å²) < 4.78 is 0. The van der Waals surface area contributed by atoms with Gasteiger partial charge in [-0.1, -0.05) is 12.6 Å². The van der Waals surface area contributed by atoms with E-state index in [1.54, 1.807) is 47.3 Å². The van der Waals surface area contributed by atoms with Crippen molar-refractivity contribution < 1.29 is 9.59 Å². The number of nitrogens with one attached hydrogen (secondary N) is 2. The average Bonchev–Trinajstić information content (AvgIpc) is 3.47. The normalized spacial score (nSPS) is 16.0. The third kappa shape index (κ3) is 3.46. The minimum atomic E-state index is -0.312. The number of rotatable bonds is 5. The summed E-state index contributed by atoms with van der Waals surface area (Å²) in [6.45, 7) is 3.90. The van der Waals surface area contributed by atoms with E-state index in [0.29, 0.717) is 35.7 Å². The smallest absolute Gasteiger partial charge is 0.330 e. The van der Waals surface area contributed by atoms with E-state index in [2.05, 4.69) is 27.2 Å². The van der Waals surface area contributed by atoms with Crippen molar-refractivity contribution in [2.45, 2.75) is 25.4 Å². The van der Waals surface area contributed by atoms with Crippen LogP contribution in [0.25, 0.3) is 0 Å². The highest BCUT2D eigenvalue weighted by atomic mass is 16.2. The Morgan fingerprint density at radius 2 is 2.19 bits per heavy atom. The minimum Gasteiger partial charge on any atom is -0.351 e. The summed E-state index contributed by atoms with van der Waals surface area (Å²) in [4.78, 5) is 36.6. The second-order valence-electron chi connectivity index (χ2n) is 6.68. The fraction of sp³-hybridized carbons (Fsp3) is 0.263. The molecule has 0 spiro atoms. The molecule has 0 radical (unpaired) electrons. The molecule has 1 fully saturated rings. The summed E-state index contributed by atoms with van der Waals surface area (Å²) in [5, 5.41) is 5.98. The van der Waals surface area contributed by atoms with Crippen LogP contribution < -0.4 is 15.5 Å². The zero-order chi connectivity index (χ0) is 19.0. The lowest BCUT2D eigenvalue weighted by Crippen LogP contribution is -2.43. The highest BCUT2D eigenvalue weighted by molar-refractivity contribution is 6.02. The van der Waals surface area contributed by atoms with E-state index in [-0.39, 0.29) is 11.9 Å². The molecule has 2 heterocycles. The molecule has 8 nitrogen and oxygen atoms in total. The van der Waals surface area contributed by atoms with Crippen LogP contribution in [0.4, 0.5) is 27.9 Å². The molecule has 1 saturated carbocycles. The third-order valence-corrected chi connectivity index (χ3v) is 4.45. The highest BCUT2D eigenvalue weighted by Gasteiger charge is 2.32. The molecule has 2 aliphatic rings. The lowest BCUT2D eigenvalue weighted by molar-refractivity contribution is -0.111. The Bertz CT molecular complexity index is 924. The van der Waals surface area contributed by atoms with Crippen LogP contribution in [0.5, 0.6) is 0 Å². The second kappa shape index (κ2) is 6.71. The Balaban J connectivity index is 1.73. The van der Waals surface area contributed by atoms with Gasteiger partial charge in [-0.25, -0.2) is 14.7 Å². The van der Waals surface area contributed by atoms with E-state index in [1.165, 1.54) is 6.08 Å². The summed E-state index contributed by atoms with van der Waals surface area (Å²) in [7, 11) is 1.73. The average molecular weight is 364 g/mol. The van der Waals surface area contributed by atoms with E-state index >= 15 is 0 Å². The first-order valence-corrected chi connectivity index (χ1v) is 8.76. The van der Waals surface area contributed by atoms with Gasteiger partial charge in [-0.15, -0.1) is 0 Å². The molecule has 0 saturated heterocycles. The Labute approximate surface area is 156 Å². The monoisotopic (exact) mass is 364 g/mol. The molecule has 1 aliphatic carbocycles. The topological polar surface area (TPSA) is 90.5 Å². The summed E-state index contributed by atoms with van der Waals surface area (Å²) in [6, 6.07) is 7.30. The van der Waals surface area contributed by atoms with Crippen LogP contribution in [0.3, 0.4) is 0 Å². The molecular formula is C19H20N6O2. The second-order valence-corrected chi connectivity index (χ2v) is 6.68. The molecule has 27 heavy (non-hydrogen) atoms. The molecule has 0 bridgehead atoms. The van der Waals surface area contributed by atoms with Gasteiger partial charge in [-0.2, -0.15) is 4.98 Å². The van der Waals surface area contributed by atoms with Gasteiger partial charge in [0, 0.05) is 30.5 Å². The minimum absolute atomic E-state index is 0.189. The molecule has 8 heteroatoms. The molecule has 1 aliphatic heterocycles. The maximum absolute atomic E-state index is 12.9. The summed E-state index contributed by atoms with van der Waals surface area (Å²) >= 11 is 0. The van der Waals surface area contributed by atoms with Gasteiger partial charge in [0.15, 0.2) is 5.82 Å². The zero-order valence-electron chi connectivity index (χ0n) is 15.0. The standard InChI is InChI=1S/C19H20N6O2/c1-3-16(26)21-14-5-4-6-15(9-14)25-17-12(11-24(2)19(25)27)10-20-18(23-17)22-13-7-8-13/h3-6,9-10,13H,1,7-8,11H2,2H3,(H,21,26)(H,20,22,23). The van der Waals surface area contributed by atoms with E-state index in [4.69, 9.17) is 0 Å². The molecule has 138 valence electrons. The number of carbonyl (C=O) groups is 2. The first-order chi connectivity index (χ1) is 13.0. The zero-order valence-corrected chi connectivity index (χ0v) is 15.0. The van der Waals surface area contributed by atoms with Crippen LogP contribution in [0, 0.1) is 0 Å². The van der Waals surface area contributed by atoms with Gasteiger partial charge >= 0.3 is 6.03 Å². The van der Waals surface area contributed by atoms with Crippen LogP contribution in [-0.2, 0) is 11.3 Å². The predicted molar refractivity (Wildman–Crippen MR) is 103 cm³/mol. The van der Waals surface area contributed by atoms with Crippen molar-refractivity contribution in [2.24, 2.45) is 0 Å². The molecule has 2 aromatic rings. The van der Waals surface area contributed by atoms with Gasteiger partial charge in [0.25, 0.3) is 0 Å². The van der Waals surface area contributed by atoms with E-state index in [1.807, 2.05) is 0 Å². The van der Waals surface area contributed by atoms with Crippen molar-refractivity contribution in [3.8, 4) is 0 Å². The van der Waals surface area contributed by atoms with Crippen LogP contribution in [0.15, 0.2) is 43.1 Å². The van der Waals surface area contributed by atoms with Crippen molar-refractivity contribution in [1.82, 2.24) is 14.9 Å². The molecule has 0 unspecified atom stereocenters. The quantitative estimate of drug-likeness (QED) is 0.796. The number of aromatic nitrogens is 2. The van der Waals surface area contributed by atoms with Gasteiger partial charge in [0.05, 0.1) is 12.2 Å². The van der Waals surface area contributed by atoms with Gasteiger partial charge in [-0.3, -0.25) is 4.79 Å². The number of amides is 3. The maximum Gasteiger partial charge on any atom is 0.330 e. The largest absolute Gasteiger partial charge is 0.351 e. The number of hydrogen-bond acceptors (Lipinski definition) is 5. The van der Waals surface area contributed by atoms with Crippen molar-refractivity contribution in [1.29, 1.82) is 0 Å². The summed E-state index contributed by atoms with van der Waals surface area (Å²) in [6.07, 6.45) is 5.17. The lowest BCUT2D eigenvalue weighted by Gasteiger charge is -2.34. The third-order valence-electron chi connectivity index (χ3n) is 4.45. The molecule has 1 aromatic carbocycles. The molecule has 4 rings (SSSR count). The van der Waals surface area contributed by atoms with Crippen molar-refractivity contribution >= 4 is 35.1 Å². The number of nitrogens with zero attached hydrogens (tertiary/aromatic N) is 4. The van der Waals surface area contributed by atoms with Crippen molar-refractivity contribution in [3.05, 3.63) is 48.7 Å². The number of hydrogen-bond donors (Lipinski definition) is 2. The van der Waals surface area contributed by atoms with Crippen LogP contribution in [0.1, 0.15) is 18.4 Å². The molecule has 1 aromatic heterocycles. The first kappa shape index (κ1) is 17.0. The molecule has 2 N–H and O–H groups in total. The number of anilines is 4. The Morgan fingerprint density at radius 1 is 1.37 bits per heavy atom. The van der Waals surface area contributed by atoms with Gasteiger partial charge in [0.1, 0.15) is 0 Å². The van der Waals surface area contributed by atoms with Gasteiger partial charge < -0.3 is 15.5 Å². The Morgan fingerprint density at radius 3 is 2.93 bits per heavy atom. The molecular weight excluding hydrogens is 344 g/mol. The summed E-state index contributed by atoms with van der Waals surface area (Å²) in [5.41, 5.74) is 2.05. The SMILES string of the molecule is C=CC(=O)Nc1cccc(N2C(=O)N(C)Cc3cnc(NC4CC4)nc32)c1. The Kier molecular flexibility index (Phi) is 4.23. The number of carbonyl (C=O) groups excluding carboxylic acids is 2. The lowest BCUT2D eigenvalue weighted by atomic mass is 10.2. The fourth-order valence-corrected chi connectivity index (χ4v) is 2.92. The van der Waals surface area contributed by atoms with E-state index in [0.717, 1.165) is 18.4 Å². The molecule has 0 atom stereocenters. The predicted octanol–water partition coefficient (Wildman–Crippen LogP) is 2.88. The highest BCUT2D eigenvalue weighted by Crippen LogP contribution is 2.35. The maximum atomic E-state index is 12.9. The summed E-state index contributed by atoms with van der Waals surface area (Å²) in [5.74, 6) is 0.769. The van der Waals surface area contributed by atoms with E-state index in [9.17, 15) is 9.59 Å². The van der Waals surface area contributed by atoms with Gasteiger partial charge in [-0.05, 0) is 37.1 Å². The van der Waals surface area contributed by atoms with Crippen molar-refractivity contribution in [2.75, 3.05) is 22.6 Å². The fourth-order valence-electron chi connectivity index (χ4n) is 2.92.